The van der Waals surface area contributed by atoms with E-state index in [-0.39, 0.29) is 23.2 Å². The van der Waals surface area contributed by atoms with E-state index >= 15 is 0 Å². The zero-order valence-corrected chi connectivity index (χ0v) is 21.4. The number of anilines is 3. The first-order valence-corrected chi connectivity index (χ1v) is 12.2. The number of halogens is 1. The van der Waals surface area contributed by atoms with E-state index in [0.717, 1.165) is 4.90 Å². The highest BCUT2D eigenvalue weighted by molar-refractivity contribution is 6.53. The summed E-state index contributed by atoms with van der Waals surface area (Å²) in [4.78, 5) is 51.1. The van der Waals surface area contributed by atoms with Crippen molar-refractivity contribution < 1.29 is 28.7 Å². The van der Waals surface area contributed by atoms with Crippen LogP contribution < -0.4 is 20.3 Å². The number of ether oxygens (including phenoxy) is 2. The van der Waals surface area contributed by atoms with E-state index in [1.165, 1.54) is 0 Å². The van der Waals surface area contributed by atoms with Gasteiger partial charge in [0.1, 0.15) is 16.5 Å². The van der Waals surface area contributed by atoms with Gasteiger partial charge in [-0.2, -0.15) is 0 Å². The molecule has 9 nitrogen and oxygen atoms in total. The number of carbonyl (C=O) groups excluding carboxylic acids is 4. The Bertz CT molecular complexity index is 1400. The molecular formula is C28H24ClN3O6. The number of hydrogen-bond acceptors (Lipinski definition) is 7. The molecule has 0 saturated carbocycles. The van der Waals surface area contributed by atoms with Crippen LogP contribution in [0.2, 0.25) is 0 Å². The molecule has 0 bridgehead atoms. The van der Waals surface area contributed by atoms with Crippen molar-refractivity contribution in [1.82, 2.24) is 0 Å². The smallest absolute Gasteiger partial charge is 0.338 e. The van der Waals surface area contributed by atoms with Crippen LogP contribution in [-0.2, 0) is 14.3 Å². The van der Waals surface area contributed by atoms with Gasteiger partial charge in [0.2, 0.25) is 0 Å². The van der Waals surface area contributed by atoms with Crippen LogP contribution in [0.25, 0.3) is 0 Å². The zero-order valence-electron chi connectivity index (χ0n) is 20.6. The third-order valence-electron chi connectivity index (χ3n) is 5.50. The summed E-state index contributed by atoms with van der Waals surface area (Å²) in [5, 5.41) is 5.39. The van der Waals surface area contributed by atoms with E-state index in [4.69, 9.17) is 21.1 Å². The summed E-state index contributed by atoms with van der Waals surface area (Å²) < 4.78 is 10.3. The zero-order chi connectivity index (χ0) is 27.2. The van der Waals surface area contributed by atoms with E-state index in [1.54, 1.807) is 79.7 Å². The number of imide groups is 1. The van der Waals surface area contributed by atoms with Gasteiger partial charge in [0.25, 0.3) is 17.7 Å². The van der Waals surface area contributed by atoms with E-state index in [2.05, 4.69) is 10.6 Å². The number of benzene rings is 3. The average molecular weight is 534 g/mol. The van der Waals surface area contributed by atoms with Crippen molar-refractivity contribution >= 4 is 52.4 Å². The summed E-state index contributed by atoms with van der Waals surface area (Å²) in [6.07, 6.45) is 0. The molecule has 0 radical (unpaired) electrons. The van der Waals surface area contributed by atoms with Crippen LogP contribution >= 0.6 is 11.6 Å². The maximum absolute atomic E-state index is 13.0. The summed E-state index contributed by atoms with van der Waals surface area (Å²) >= 11 is 6.21. The molecule has 194 valence electrons. The van der Waals surface area contributed by atoms with Gasteiger partial charge in [-0.3, -0.25) is 14.4 Å². The highest BCUT2D eigenvalue weighted by atomic mass is 35.5. The molecule has 0 atom stereocenters. The molecule has 1 aliphatic rings. The van der Waals surface area contributed by atoms with Crippen LogP contribution in [0.4, 0.5) is 17.1 Å². The lowest BCUT2D eigenvalue weighted by Crippen LogP contribution is -2.32. The molecule has 38 heavy (non-hydrogen) atoms. The van der Waals surface area contributed by atoms with Crippen molar-refractivity contribution in [3.63, 3.8) is 0 Å². The van der Waals surface area contributed by atoms with Crippen LogP contribution in [0.15, 0.2) is 83.5 Å². The third kappa shape index (κ3) is 5.68. The number of carbonyl (C=O) groups is 4. The molecule has 0 unspecified atom stereocenters. The summed E-state index contributed by atoms with van der Waals surface area (Å²) in [6.45, 7) is 4.35. The minimum absolute atomic E-state index is 0.0653. The van der Waals surface area contributed by atoms with Gasteiger partial charge < -0.3 is 20.1 Å². The molecule has 10 heteroatoms. The molecule has 2 N–H and O–H groups in total. The SMILES string of the molecule is CCOC(=O)c1ccc(NC(=O)c2ccc(NC3=C(Cl)C(=O)N(c4ccc(OCC)cc4)C3=O)cc2)cc1. The van der Waals surface area contributed by atoms with Crippen LogP contribution in [0, 0.1) is 0 Å². The van der Waals surface area contributed by atoms with E-state index in [9.17, 15) is 19.2 Å². The van der Waals surface area contributed by atoms with Gasteiger partial charge in [-0.1, -0.05) is 11.6 Å². The number of rotatable bonds is 9. The highest BCUT2D eigenvalue weighted by Crippen LogP contribution is 2.31. The Hall–Kier alpha value is -4.63. The summed E-state index contributed by atoms with van der Waals surface area (Å²) in [5.74, 6) is -1.43. The van der Waals surface area contributed by atoms with Crippen molar-refractivity contribution in [3.05, 3.63) is 94.7 Å². The minimum atomic E-state index is -0.645. The maximum atomic E-state index is 13.0. The van der Waals surface area contributed by atoms with Gasteiger partial charge in [-0.25, -0.2) is 9.69 Å². The third-order valence-corrected chi connectivity index (χ3v) is 5.85. The largest absolute Gasteiger partial charge is 0.494 e. The number of nitrogens with one attached hydrogen (secondary N) is 2. The van der Waals surface area contributed by atoms with Crippen molar-refractivity contribution in [3.8, 4) is 5.75 Å². The second-order valence-corrected chi connectivity index (χ2v) is 8.39. The van der Waals surface area contributed by atoms with Gasteiger partial charge in [-0.15, -0.1) is 0 Å². The summed E-state index contributed by atoms with van der Waals surface area (Å²) in [7, 11) is 0. The standard InChI is InChI=1S/C28H24ClN3O6/c1-3-37-22-15-13-21(14-16-22)32-26(34)23(29)24(27(32)35)30-19-9-5-17(6-10-19)25(33)31-20-11-7-18(8-12-20)28(36)38-4-2/h5-16,30H,3-4H2,1-2H3,(H,31,33). The Labute approximate surface area is 224 Å². The van der Waals surface area contributed by atoms with Crippen molar-refractivity contribution in [1.29, 1.82) is 0 Å². The van der Waals surface area contributed by atoms with Crippen molar-refractivity contribution in [2.75, 3.05) is 28.7 Å². The van der Waals surface area contributed by atoms with E-state index in [0.29, 0.717) is 40.5 Å². The lowest BCUT2D eigenvalue weighted by atomic mass is 10.1. The molecule has 0 spiro atoms. The minimum Gasteiger partial charge on any atom is -0.494 e. The predicted octanol–water partition coefficient (Wildman–Crippen LogP) is 4.95. The monoisotopic (exact) mass is 533 g/mol. The molecular weight excluding hydrogens is 510 g/mol. The molecule has 3 amide bonds. The Morgan fingerprint density at radius 2 is 1.39 bits per heavy atom. The van der Waals surface area contributed by atoms with Crippen LogP contribution in [0.3, 0.4) is 0 Å². The van der Waals surface area contributed by atoms with Gasteiger partial charge in [0.15, 0.2) is 0 Å². The molecule has 0 aliphatic carbocycles. The lowest BCUT2D eigenvalue weighted by molar-refractivity contribution is -0.120. The molecule has 0 fully saturated rings. The quantitative estimate of drug-likeness (QED) is 0.295. The second kappa shape index (κ2) is 11.6. The molecule has 1 heterocycles. The lowest BCUT2D eigenvalue weighted by Gasteiger charge is -2.15. The van der Waals surface area contributed by atoms with Gasteiger partial charge >= 0.3 is 5.97 Å². The average Bonchev–Trinajstić information content (AvgIpc) is 3.13. The maximum Gasteiger partial charge on any atom is 0.338 e. The molecule has 0 aromatic heterocycles. The molecule has 0 saturated heterocycles. The van der Waals surface area contributed by atoms with E-state index in [1.807, 2.05) is 6.92 Å². The Kier molecular flexibility index (Phi) is 8.08. The number of nitrogens with zero attached hydrogens (tertiary/aromatic N) is 1. The molecule has 3 aromatic rings. The fraction of sp³-hybridized carbons (Fsp3) is 0.143. The Morgan fingerprint density at radius 1 is 0.789 bits per heavy atom. The van der Waals surface area contributed by atoms with Gasteiger partial charge in [-0.05, 0) is 86.6 Å². The molecule has 1 aliphatic heterocycles. The number of hydrogen-bond donors (Lipinski definition) is 2. The first-order valence-electron chi connectivity index (χ1n) is 11.8. The van der Waals surface area contributed by atoms with Gasteiger partial charge in [0, 0.05) is 16.9 Å². The summed E-state index contributed by atoms with van der Waals surface area (Å²) in [6, 6.07) is 19.2. The van der Waals surface area contributed by atoms with Crippen LogP contribution in [0.5, 0.6) is 5.75 Å². The normalized spacial score (nSPS) is 13.0. The Balaban J connectivity index is 1.41. The summed E-state index contributed by atoms with van der Waals surface area (Å²) in [5.41, 5.74) is 2.00. The number of amides is 3. The van der Waals surface area contributed by atoms with E-state index < -0.39 is 17.8 Å². The predicted molar refractivity (Wildman–Crippen MR) is 143 cm³/mol. The molecule has 4 rings (SSSR count). The fourth-order valence-corrected chi connectivity index (χ4v) is 3.87. The van der Waals surface area contributed by atoms with Crippen LogP contribution in [0.1, 0.15) is 34.6 Å². The van der Waals surface area contributed by atoms with Crippen molar-refractivity contribution in [2.45, 2.75) is 13.8 Å². The first-order chi connectivity index (χ1) is 18.3. The molecule has 3 aromatic carbocycles. The first kappa shape index (κ1) is 26.4. The second-order valence-electron chi connectivity index (χ2n) is 8.02. The number of esters is 1. The Morgan fingerprint density at radius 3 is 2.00 bits per heavy atom. The highest BCUT2D eigenvalue weighted by Gasteiger charge is 2.39. The topological polar surface area (TPSA) is 114 Å². The van der Waals surface area contributed by atoms with Gasteiger partial charge in [0.05, 0.1) is 24.5 Å². The van der Waals surface area contributed by atoms with Crippen molar-refractivity contribution in [2.24, 2.45) is 0 Å². The van der Waals surface area contributed by atoms with Crippen LogP contribution in [-0.4, -0.2) is 36.9 Å². The fourth-order valence-electron chi connectivity index (χ4n) is 3.66.